The molecule has 0 aliphatic carbocycles. The molecule has 1 heteroatoms. The van der Waals surface area contributed by atoms with Gasteiger partial charge in [0.2, 0.25) is 0 Å². The van der Waals surface area contributed by atoms with Crippen LogP contribution in [0.1, 0.15) is 31.7 Å². The minimum Gasteiger partial charge on any atom is -0.317 e. The van der Waals surface area contributed by atoms with Gasteiger partial charge in [-0.3, -0.25) is 0 Å². The van der Waals surface area contributed by atoms with Gasteiger partial charge in [0.1, 0.15) is 0 Å². The molecular formula is C19H25N. The summed E-state index contributed by atoms with van der Waals surface area (Å²) in [4.78, 5) is 0. The number of benzene rings is 2. The van der Waals surface area contributed by atoms with Crippen LogP contribution in [0.3, 0.4) is 0 Å². The Morgan fingerprint density at radius 2 is 1.50 bits per heavy atom. The Labute approximate surface area is 123 Å². The van der Waals surface area contributed by atoms with Crippen molar-refractivity contribution in [3.8, 4) is 11.1 Å². The summed E-state index contributed by atoms with van der Waals surface area (Å²) in [6.07, 6.45) is 4.88. The Balaban J connectivity index is 1.95. The number of aryl methyl sites for hydroxylation is 1. The number of hydrogen-bond donors (Lipinski definition) is 1. The zero-order chi connectivity index (χ0) is 14.2. The van der Waals surface area contributed by atoms with Crippen molar-refractivity contribution < 1.29 is 0 Å². The van der Waals surface area contributed by atoms with Crippen molar-refractivity contribution in [2.75, 3.05) is 7.05 Å². The molecule has 0 spiro atoms. The van der Waals surface area contributed by atoms with Crippen molar-refractivity contribution in [1.29, 1.82) is 0 Å². The summed E-state index contributed by atoms with van der Waals surface area (Å²) in [6, 6.07) is 20.2. The Morgan fingerprint density at radius 1 is 0.850 bits per heavy atom. The standard InChI is InChI=1S/C19H25N/c1-3-7-19(20-2)15-12-16-10-13-18(14-11-16)17-8-5-4-6-9-17/h4-6,8-11,13-14,19-20H,3,7,12,15H2,1-2H3. The zero-order valence-electron chi connectivity index (χ0n) is 12.6. The van der Waals surface area contributed by atoms with Gasteiger partial charge in [-0.15, -0.1) is 0 Å². The van der Waals surface area contributed by atoms with E-state index in [4.69, 9.17) is 0 Å². The molecule has 0 radical (unpaired) electrons. The molecule has 0 aliphatic rings. The third-order valence-electron chi connectivity index (χ3n) is 3.89. The maximum atomic E-state index is 3.41. The van der Waals surface area contributed by atoms with Crippen LogP contribution in [0.2, 0.25) is 0 Å². The second kappa shape index (κ2) is 7.86. The highest BCUT2D eigenvalue weighted by atomic mass is 14.9. The molecule has 0 amide bonds. The molecule has 0 saturated heterocycles. The highest BCUT2D eigenvalue weighted by Crippen LogP contribution is 2.20. The fraction of sp³-hybridized carbons (Fsp3) is 0.368. The molecule has 0 bridgehead atoms. The van der Waals surface area contributed by atoms with E-state index in [-0.39, 0.29) is 0 Å². The first-order valence-corrected chi connectivity index (χ1v) is 7.65. The minimum atomic E-state index is 0.647. The highest BCUT2D eigenvalue weighted by Gasteiger charge is 2.05. The SMILES string of the molecule is CCCC(CCc1ccc(-c2ccccc2)cc1)NC. The van der Waals surface area contributed by atoms with Gasteiger partial charge in [-0.2, -0.15) is 0 Å². The predicted octanol–water partition coefficient (Wildman–Crippen LogP) is 4.67. The second-order valence-corrected chi connectivity index (χ2v) is 5.38. The van der Waals surface area contributed by atoms with Crippen LogP contribution < -0.4 is 5.32 Å². The van der Waals surface area contributed by atoms with Crippen LogP contribution in [0.15, 0.2) is 54.6 Å². The molecule has 2 aromatic rings. The summed E-state index contributed by atoms with van der Waals surface area (Å²) in [6.45, 7) is 2.25. The van der Waals surface area contributed by atoms with Gasteiger partial charge in [-0.05, 0) is 43.0 Å². The molecule has 106 valence electrons. The zero-order valence-corrected chi connectivity index (χ0v) is 12.6. The third kappa shape index (κ3) is 4.21. The fourth-order valence-electron chi connectivity index (χ4n) is 2.62. The van der Waals surface area contributed by atoms with Crippen molar-refractivity contribution in [3.05, 3.63) is 60.2 Å². The number of rotatable bonds is 7. The molecule has 1 unspecified atom stereocenters. The van der Waals surface area contributed by atoms with E-state index in [1.807, 2.05) is 0 Å². The molecular weight excluding hydrogens is 242 g/mol. The normalized spacial score (nSPS) is 12.3. The van der Waals surface area contributed by atoms with Gasteiger partial charge in [-0.1, -0.05) is 67.9 Å². The van der Waals surface area contributed by atoms with Crippen LogP contribution in [0.4, 0.5) is 0 Å². The lowest BCUT2D eigenvalue weighted by molar-refractivity contribution is 0.484. The van der Waals surface area contributed by atoms with E-state index in [9.17, 15) is 0 Å². The molecule has 2 aromatic carbocycles. The number of nitrogens with one attached hydrogen (secondary N) is 1. The average molecular weight is 267 g/mol. The van der Waals surface area contributed by atoms with Gasteiger partial charge in [0.05, 0.1) is 0 Å². The largest absolute Gasteiger partial charge is 0.317 e. The summed E-state index contributed by atoms with van der Waals surface area (Å²) < 4.78 is 0. The molecule has 1 nitrogen and oxygen atoms in total. The molecule has 0 fully saturated rings. The lowest BCUT2D eigenvalue weighted by Crippen LogP contribution is -2.25. The van der Waals surface area contributed by atoms with Gasteiger partial charge in [-0.25, -0.2) is 0 Å². The summed E-state index contributed by atoms with van der Waals surface area (Å²) >= 11 is 0. The van der Waals surface area contributed by atoms with Crippen LogP contribution in [0.25, 0.3) is 11.1 Å². The Bertz CT molecular complexity index is 487. The maximum Gasteiger partial charge on any atom is 0.00671 e. The first kappa shape index (κ1) is 14.8. The van der Waals surface area contributed by atoms with E-state index in [2.05, 4.69) is 73.9 Å². The summed E-state index contributed by atoms with van der Waals surface area (Å²) in [7, 11) is 2.07. The molecule has 2 rings (SSSR count). The maximum absolute atomic E-state index is 3.41. The van der Waals surface area contributed by atoms with E-state index in [0.717, 1.165) is 6.42 Å². The molecule has 0 aliphatic heterocycles. The molecule has 0 aromatic heterocycles. The topological polar surface area (TPSA) is 12.0 Å². The average Bonchev–Trinajstić information content (AvgIpc) is 2.53. The first-order chi connectivity index (χ1) is 9.83. The predicted molar refractivity (Wildman–Crippen MR) is 88.0 cm³/mol. The Morgan fingerprint density at radius 3 is 2.10 bits per heavy atom. The fourth-order valence-corrected chi connectivity index (χ4v) is 2.62. The monoisotopic (exact) mass is 267 g/mol. The van der Waals surface area contributed by atoms with Crippen LogP contribution in [0, 0.1) is 0 Å². The van der Waals surface area contributed by atoms with E-state index in [0.29, 0.717) is 6.04 Å². The van der Waals surface area contributed by atoms with Gasteiger partial charge >= 0.3 is 0 Å². The molecule has 0 heterocycles. The molecule has 0 saturated carbocycles. The van der Waals surface area contributed by atoms with Crippen molar-refractivity contribution in [2.45, 2.75) is 38.6 Å². The van der Waals surface area contributed by atoms with Crippen LogP contribution in [0.5, 0.6) is 0 Å². The third-order valence-corrected chi connectivity index (χ3v) is 3.89. The summed E-state index contributed by atoms with van der Waals surface area (Å²) in [5, 5.41) is 3.41. The van der Waals surface area contributed by atoms with Crippen LogP contribution in [-0.2, 0) is 6.42 Å². The van der Waals surface area contributed by atoms with Crippen molar-refractivity contribution in [1.82, 2.24) is 5.32 Å². The van der Waals surface area contributed by atoms with Gasteiger partial charge < -0.3 is 5.32 Å². The molecule has 1 atom stereocenters. The van der Waals surface area contributed by atoms with Crippen molar-refractivity contribution in [3.63, 3.8) is 0 Å². The molecule has 1 N–H and O–H groups in total. The Hall–Kier alpha value is -1.60. The van der Waals surface area contributed by atoms with Crippen LogP contribution >= 0.6 is 0 Å². The van der Waals surface area contributed by atoms with E-state index in [1.54, 1.807) is 0 Å². The quantitative estimate of drug-likeness (QED) is 0.768. The lowest BCUT2D eigenvalue weighted by Gasteiger charge is -2.15. The van der Waals surface area contributed by atoms with Crippen LogP contribution in [-0.4, -0.2) is 13.1 Å². The Kier molecular flexibility index (Phi) is 5.82. The molecule has 20 heavy (non-hydrogen) atoms. The van der Waals surface area contributed by atoms with Crippen molar-refractivity contribution >= 4 is 0 Å². The lowest BCUT2D eigenvalue weighted by atomic mass is 9.99. The van der Waals surface area contributed by atoms with Gasteiger partial charge in [0, 0.05) is 6.04 Å². The minimum absolute atomic E-state index is 0.647. The van der Waals surface area contributed by atoms with E-state index in [1.165, 1.54) is 36.0 Å². The van der Waals surface area contributed by atoms with Crippen molar-refractivity contribution in [2.24, 2.45) is 0 Å². The highest BCUT2D eigenvalue weighted by molar-refractivity contribution is 5.63. The smallest absolute Gasteiger partial charge is 0.00671 e. The van der Waals surface area contributed by atoms with E-state index >= 15 is 0 Å². The first-order valence-electron chi connectivity index (χ1n) is 7.65. The summed E-state index contributed by atoms with van der Waals surface area (Å²) in [5.74, 6) is 0. The summed E-state index contributed by atoms with van der Waals surface area (Å²) in [5.41, 5.74) is 4.02. The second-order valence-electron chi connectivity index (χ2n) is 5.38. The van der Waals surface area contributed by atoms with Gasteiger partial charge in [0.15, 0.2) is 0 Å². The number of hydrogen-bond acceptors (Lipinski definition) is 1. The van der Waals surface area contributed by atoms with E-state index < -0.39 is 0 Å². The van der Waals surface area contributed by atoms with Gasteiger partial charge in [0.25, 0.3) is 0 Å².